The van der Waals surface area contributed by atoms with Crippen LogP contribution in [0.2, 0.25) is 0 Å². The monoisotopic (exact) mass is 246 g/mol. The predicted octanol–water partition coefficient (Wildman–Crippen LogP) is 2.90. The number of hydrogen-bond donors (Lipinski definition) is 1. The molecule has 0 bridgehead atoms. The van der Waals surface area contributed by atoms with Gasteiger partial charge >= 0.3 is 0 Å². The molecule has 1 saturated carbocycles. The first-order valence-corrected chi connectivity index (χ1v) is 6.31. The van der Waals surface area contributed by atoms with Crippen LogP contribution in [0, 0.1) is 4.64 Å². The molecule has 1 N–H and O–H groups in total. The van der Waals surface area contributed by atoms with Crippen LogP contribution in [0.1, 0.15) is 31.5 Å². The van der Waals surface area contributed by atoms with E-state index in [1.807, 2.05) is 23.1 Å². The van der Waals surface area contributed by atoms with Crippen LogP contribution < -0.4 is 0 Å². The van der Waals surface area contributed by atoms with E-state index >= 15 is 0 Å². The lowest BCUT2D eigenvalue weighted by atomic mass is 10.2. The van der Waals surface area contributed by atoms with Crippen LogP contribution in [-0.4, -0.2) is 19.7 Å². The van der Waals surface area contributed by atoms with Crippen molar-refractivity contribution in [2.24, 2.45) is 0 Å². The summed E-state index contributed by atoms with van der Waals surface area (Å²) in [5.74, 6) is 1.61. The molecule has 0 spiro atoms. The number of nitrogens with zero attached hydrogens (tertiary/aromatic N) is 3. The molecule has 0 atom stereocenters. The molecule has 17 heavy (non-hydrogen) atoms. The lowest BCUT2D eigenvalue weighted by Gasteiger charge is -2.02. The lowest BCUT2D eigenvalue weighted by molar-refractivity contribution is 0.660. The van der Waals surface area contributed by atoms with Crippen LogP contribution >= 0.6 is 12.2 Å². The van der Waals surface area contributed by atoms with Gasteiger partial charge in [0.1, 0.15) is 10.5 Å². The topological polar surface area (TPSA) is 46.5 Å². The van der Waals surface area contributed by atoms with Gasteiger partial charge in [0.2, 0.25) is 0 Å². The highest BCUT2D eigenvalue weighted by atomic mass is 32.1. The third-order valence-corrected chi connectivity index (χ3v) is 3.20. The SMILES string of the molecule is CCn1cc(-c2cc(=S)nc(C3CC3)[nH]2)cn1. The van der Waals surface area contributed by atoms with Crippen molar-refractivity contribution in [2.45, 2.75) is 32.2 Å². The summed E-state index contributed by atoms with van der Waals surface area (Å²) in [6.45, 7) is 2.95. The Morgan fingerprint density at radius 1 is 1.53 bits per heavy atom. The largest absolute Gasteiger partial charge is 0.343 e. The van der Waals surface area contributed by atoms with Gasteiger partial charge in [0, 0.05) is 24.2 Å². The summed E-state index contributed by atoms with van der Waals surface area (Å²) in [6, 6.07) is 1.90. The Kier molecular flexibility index (Phi) is 2.55. The van der Waals surface area contributed by atoms with Crippen molar-refractivity contribution in [1.29, 1.82) is 0 Å². The Labute approximate surface area is 105 Å². The van der Waals surface area contributed by atoms with Crippen molar-refractivity contribution < 1.29 is 0 Å². The maximum Gasteiger partial charge on any atom is 0.130 e. The average Bonchev–Trinajstić information content (AvgIpc) is 3.06. The fraction of sp³-hybridized carbons (Fsp3) is 0.417. The highest BCUT2D eigenvalue weighted by molar-refractivity contribution is 7.71. The predicted molar refractivity (Wildman–Crippen MR) is 68.3 cm³/mol. The van der Waals surface area contributed by atoms with E-state index in [-0.39, 0.29) is 0 Å². The molecule has 0 unspecified atom stereocenters. The first kappa shape index (κ1) is 10.7. The number of rotatable bonds is 3. The van der Waals surface area contributed by atoms with E-state index in [2.05, 4.69) is 22.0 Å². The Morgan fingerprint density at radius 3 is 3.00 bits per heavy atom. The van der Waals surface area contributed by atoms with Crippen molar-refractivity contribution in [3.05, 3.63) is 28.9 Å². The van der Waals surface area contributed by atoms with E-state index < -0.39 is 0 Å². The van der Waals surface area contributed by atoms with Crippen LogP contribution in [0.3, 0.4) is 0 Å². The molecule has 5 heteroatoms. The van der Waals surface area contributed by atoms with Crippen molar-refractivity contribution in [1.82, 2.24) is 19.7 Å². The zero-order valence-electron chi connectivity index (χ0n) is 9.68. The third-order valence-electron chi connectivity index (χ3n) is 2.99. The van der Waals surface area contributed by atoms with Gasteiger partial charge in [0.15, 0.2) is 0 Å². The molecule has 2 aromatic rings. The normalized spacial score (nSPS) is 15.1. The average molecular weight is 246 g/mol. The first-order chi connectivity index (χ1) is 8.26. The van der Waals surface area contributed by atoms with E-state index in [4.69, 9.17) is 12.2 Å². The summed E-state index contributed by atoms with van der Waals surface area (Å²) in [7, 11) is 0. The zero-order chi connectivity index (χ0) is 11.8. The quantitative estimate of drug-likeness (QED) is 0.847. The molecule has 0 aliphatic heterocycles. The minimum atomic E-state index is 0.581. The molecule has 3 rings (SSSR count). The molecular weight excluding hydrogens is 232 g/mol. The molecular formula is C12H14N4S. The number of aromatic amines is 1. The number of aromatic nitrogens is 4. The van der Waals surface area contributed by atoms with Crippen LogP contribution in [0.15, 0.2) is 18.5 Å². The highest BCUT2D eigenvalue weighted by Gasteiger charge is 2.26. The minimum absolute atomic E-state index is 0.581. The Hall–Kier alpha value is -1.49. The number of H-pyrrole nitrogens is 1. The summed E-state index contributed by atoms with van der Waals surface area (Å²) in [5, 5.41) is 4.27. The summed E-state index contributed by atoms with van der Waals surface area (Å²) in [5.41, 5.74) is 2.09. The second-order valence-corrected chi connectivity index (χ2v) is 4.80. The molecule has 1 fully saturated rings. The molecule has 2 heterocycles. The van der Waals surface area contributed by atoms with Crippen LogP contribution in [0.4, 0.5) is 0 Å². The van der Waals surface area contributed by atoms with E-state index in [9.17, 15) is 0 Å². The Balaban J connectivity index is 2.04. The Morgan fingerprint density at radius 2 is 2.35 bits per heavy atom. The zero-order valence-corrected chi connectivity index (χ0v) is 10.5. The van der Waals surface area contributed by atoms with Crippen molar-refractivity contribution in [2.75, 3.05) is 0 Å². The van der Waals surface area contributed by atoms with E-state index in [0.29, 0.717) is 10.6 Å². The van der Waals surface area contributed by atoms with Gasteiger partial charge in [0.05, 0.1) is 11.9 Å². The molecule has 88 valence electrons. The van der Waals surface area contributed by atoms with Crippen LogP contribution in [-0.2, 0) is 6.54 Å². The summed E-state index contributed by atoms with van der Waals surface area (Å²) < 4.78 is 2.56. The second-order valence-electron chi connectivity index (χ2n) is 4.38. The van der Waals surface area contributed by atoms with Gasteiger partial charge < -0.3 is 4.98 Å². The van der Waals surface area contributed by atoms with Gasteiger partial charge in [-0.25, -0.2) is 4.98 Å². The van der Waals surface area contributed by atoms with Gasteiger partial charge in [-0.2, -0.15) is 5.10 Å². The van der Waals surface area contributed by atoms with Gasteiger partial charge in [-0.3, -0.25) is 4.68 Å². The molecule has 0 aromatic carbocycles. The number of aryl methyl sites for hydroxylation is 1. The molecule has 4 nitrogen and oxygen atoms in total. The van der Waals surface area contributed by atoms with Crippen molar-refractivity contribution in [3.8, 4) is 11.3 Å². The highest BCUT2D eigenvalue weighted by Crippen LogP contribution is 2.38. The summed E-state index contributed by atoms with van der Waals surface area (Å²) in [4.78, 5) is 7.75. The fourth-order valence-electron chi connectivity index (χ4n) is 1.86. The van der Waals surface area contributed by atoms with Gasteiger partial charge in [-0.1, -0.05) is 12.2 Å². The third kappa shape index (κ3) is 2.15. The molecule has 0 radical (unpaired) electrons. The standard InChI is InChI=1S/C12H14N4S/c1-2-16-7-9(6-13-16)10-5-11(17)15-12(14-10)8-3-4-8/h5-8H,2-4H2,1H3,(H,14,15,17). The van der Waals surface area contributed by atoms with Crippen LogP contribution in [0.5, 0.6) is 0 Å². The maximum atomic E-state index is 5.21. The maximum absolute atomic E-state index is 5.21. The number of hydrogen-bond acceptors (Lipinski definition) is 3. The first-order valence-electron chi connectivity index (χ1n) is 5.90. The molecule has 0 saturated heterocycles. The van der Waals surface area contributed by atoms with E-state index in [1.54, 1.807) is 0 Å². The van der Waals surface area contributed by atoms with Crippen molar-refractivity contribution >= 4 is 12.2 Å². The summed E-state index contributed by atoms with van der Waals surface area (Å²) in [6.07, 6.45) is 6.32. The van der Waals surface area contributed by atoms with Gasteiger partial charge in [0.25, 0.3) is 0 Å². The van der Waals surface area contributed by atoms with Crippen LogP contribution in [0.25, 0.3) is 11.3 Å². The lowest BCUT2D eigenvalue weighted by Crippen LogP contribution is -1.95. The van der Waals surface area contributed by atoms with E-state index in [1.165, 1.54) is 12.8 Å². The van der Waals surface area contributed by atoms with Gasteiger partial charge in [-0.05, 0) is 25.8 Å². The molecule has 0 amide bonds. The van der Waals surface area contributed by atoms with E-state index in [0.717, 1.165) is 23.6 Å². The minimum Gasteiger partial charge on any atom is -0.343 e. The second kappa shape index (κ2) is 4.07. The fourth-order valence-corrected chi connectivity index (χ4v) is 2.07. The number of nitrogens with one attached hydrogen (secondary N) is 1. The molecule has 1 aliphatic carbocycles. The van der Waals surface area contributed by atoms with Crippen molar-refractivity contribution in [3.63, 3.8) is 0 Å². The smallest absolute Gasteiger partial charge is 0.130 e. The molecule has 2 aromatic heterocycles. The van der Waals surface area contributed by atoms with Gasteiger partial charge in [-0.15, -0.1) is 0 Å². The molecule has 1 aliphatic rings. The summed E-state index contributed by atoms with van der Waals surface area (Å²) >= 11 is 5.21. The Bertz CT molecular complexity index is 595.